The second-order valence-corrected chi connectivity index (χ2v) is 2.44. The Bertz CT molecular complexity index is 93.1. The van der Waals surface area contributed by atoms with Gasteiger partial charge in [-0.15, -0.1) is 0 Å². The van der Waals surface area contributed by atoms with Gasteiger partial charge in [0.05, 0.1) is 0 Å². The molecule has 0 saturated carbocycles. The van der Waals surface area contributed by atoms with Crippen molar-refractivity contribution in [2.24, 2.45) is 5.73 Å². The van der Waals surface area contributed by atoms with Crippen LogP contribution in [0.1, 0.15) is 12.8 Å². The zero-order valence-corrected chi connectivity index (χ0v) is 5.71. The van der Waals surface area contributed by atoms with Crippen LogP contribution in [0.5, 0.6) is 0 Å². The highest BCUT2D eigenvalue weighted by atomic mass is 15.1. The lowest BCUT2D eigenvalue weighted by Gasteiger charge is -2.09. The van der Waals surface area contributed by atoms with E-state index in [1.165, 1.54) is 25.9 Å². The third-order valence-electron chi connectivity index (χ3n) is 1.70. The highest BCUT2D eigenvalue weighted by Gasteiger charge is 2.08. The molecule has 2 nitrogen and oxygen atoms in total. The van der Waals surface area contributed by atoms with E-state index in [2.05, 4.69) is 4.90 Å². The Morgan fingerprint density at radius 1 is 1.33 bits per heavy atom. The Kier molecular flexibility index (Phi) is 2.58. The van der Waals surface area contributed by atoms with Crippen molar-refractivity contribution >= 4 is 0 Å². The molecule has 9 heavy (non-hydrogen) atoms. The van der Waals surface area contributed by atoms with Crippen LogP contribution in [0, 0.1) is 0 Å². The molecule has 0 spiro atoms. The summed E-state index contributed by atoms with van der Waals surface area (Å²) < 4.78 is 0. The monoisotopic (exact) mass is 126 g/mol. The van der Waals surface area contributed by atoms with Gasteiger partial charge in [-0.3, -0.25) is 4.90 Å². The van der Waals surface area contributed by atoms with Crippen molar-refractivity contribution < 1.29 is 0 Å². The summed E-state index contributed by atoms with van der Waals surface area (Å²) in [6.45, 7) is 3.55. The minimum Gasteiger partial charge on any atom is -0.405 e. The molecule has 1 saturated heterocycles. The second kappa shape index (κ2) is 3.51. The third-order valence-corrected chi connectivity index (χ3v) is 1.70. The molecule has 1 rings (SSSR count). The van der Waals surface area contributed by atoms with Gasteiger partial charge in [0, 0.05) is 6.54 Å². The predicted molar refractivity (Wildman–Crippen MR) is 39.0 cm³/mol. The largest absolute Gasteiger partial charge is 0.405 e. The van der Waals surface area contributed by atoms with E-state index in [9.17, 15) is 0 Å². The Hall–Kier alpha value is -0.500. The van der Waals surface area contributed by atoms with E-state index in [1.54, 1.807) is 6.20 Å². The van der Waals surface area contributed by atoms with Gasteiger partial charge in [-0.25, -0.2) is 0 Å². The summed E-state index contributed by atoms with van der Waals surface area (Å²) >= 11 is 0. The highest BCUT2D eigenvalue weighted by molar-refractivity contribution is 4.81. The molecule has 0 aromatic heterocycles. The first-order chi connectivity index (χ1) is 4.43. The molecule has 52 valence electrons. The maximum atomic E-state index is 5.20. The van der Waals surface area contributed by atoms with Gasteiger partial charge in [0.25, 0.3) is 0 Å². The average Bonchev–Trinajstić information content (AvgIpc) is 2.34. The van der Waals surface area contributed by atoms with Crippen molar-refractivity contribution in [1.82, 2.24) is 4.90 Å². The van der Waals surface area contributed by atoms with Crippen LogP contribution in [0.2, 0.25) is 0 Å². The highest BCUT2D eigenvalue weighted by Crippen LogP contribution is 2.05. The maximum Gasteiger partial charge on any atom is 0.0180 e. The summed E-state index contributed by atoms with van der Waals surface area (Å²) in [5.41, 5.74) is 5.20. The average molecular weight is 126 g/mol. The van der Waals surface area contributed by atoms with Crippen molar-refractivity contribution in [2.75, 3.05) is 19.6 Å². The van der Waals surface area contributed by atoms with Crippen LogP contribution in [-0.2, 0) is 0 Å². The maximum absolute atomic E-state index is 5.20. The fraction of sp³-hybridized carbons (Fsp3) is 0.714. The summed E-state index contributed by atoms with van der Waals surface area (Å²) in [7, 11) is 0. The van der Waals surface area contributed by atoms with Crippen LogP contribution >= 0.6 is 0 Å². The summed E-state index contributed by atoms with van der Waals surface area (Å²) in [5.74, 6) is 0. The molecule has 1 fully saturated rings. The van der Waals surface area contributed by atoms with Crippen LogP contribution in [0.4, 0.5) is 0 Å². The molecule has 2 N–H and O–H groups in total. The van der Waals surface area contributed by atoms with Crippen LogP contribution in [-0.4, -0.2) is 24.5 Å². The van der Waals surface area contributed by atoms with E-state index in [1.807, 2.05) is 6.08 Å². The molecule has 0 aromatic carbocycles. The van der Waals surface area contributed by atoms with E-state index in [-0.39, 0.29) is 0 Å². The number of hydrogen-bond donors (Lipinski definition) is 1. The molecule has 0 radical (unpaired) electrons. The zero-order chi connectivity index (χ0) is 6.53. The third kappa shape index (κ3) is 2.06. The zero-order valence-electron chi connectivity index (χ0n) is 5.71. The fourth-order valence-corrected chi connectivity index (χ4v) is 1.18. The van der Waals surface area contributed by atoms with E-state index in [0.717, 1.165) is 6.54 Å². The molecular formula is C7H14N2. The van der Waals surface area contributed by atoms with Crippen molar-refractivity contribution in [1.29, 1.82) is 0 Å². The second-order valence-electron chi connectivity index (χ2n) is 2.44. The normalized spacial score (nSPS) is 21.8. The predicted octanol–water partition coefficient (Wildman–Crippen LogP) is 0.555. The van der Waals surface area contributed by atoms with E-state index in [0.29, 0.717) is 0 Å². The Balaban J connectivity index is 2.11. The Labute approximate surface area is 56.3 Å². The lowest BCUT2D eigenvalue weighted by molar-refractivity contribution is 0.377. The van der Waals surface area contributed by atoms with Crippen molar-refractivity contribution in [3.63, 3.8) is 0 Å². The SMILES string of the molecule is N/C=C/CN1CCCC1. The molecule has 0 unspecified atom stereocenters. The van der Waals surface area contributed by atoms with Gasteiger partial charge < -0.3 is 5.73 Å². The molecular weight excluding hydrogens is 112 g/mol. The minimum absolute atomic E-state index is 1.04. The molecule has 0 bridgehead atoms. The number of nitrogens with two attached hydrogens (primary N) is 1. The van der Waals surface area contributed by atoms with Gasteiger partial charge in [0.1, 0.15) is 0 Å². The van der Waals surface area contributed by atoms with Crippen LogP contribution < -0.4 is 5.73 Å². The Morgan fingerprint density at radius 2 is 2.00 bits per heavy atom. The molecule has 0 aromatic rings. The van der Waals surface area contributed by atoms with Crippen LogP contribution in [0.15, 0.2) is 12.3 Å². The smallest absolute Gasteiger partial charge is 0.0180 e. The molecule has 0 amide bonds. The molecule has 2 heteroatoms. The van der Waals surface area contributed by atoms with E-state index in [4.69, 9.17) is 5.73 Å². The number of rotatable bonds is 2. The van der Waals surface area contributed by atoms with E-state index >= 15 is 0 Å². The lowest BCUT2D eigenvalue weighted by Crippen LogP contribution is -2.18. The van der Waals surface area contributed by atoms with Gasteiger partial charge in [0.15, 0.2) is 0 Å². The number of likely N-dealkylation sites (tertiary alicyclic amines) is 1. The molecule has 1 aliphatic rings. The number of hydrogen-bond acceptors (Lipinski definition) is 2. The molecule has 0 atom stereocenters. The van der Waals surface area contributed by atoms with Crippen LogP contribution in [0.25, 0.3) is 0 Å². The summed E-state index contributed by atoms with van der Waals surface area (Å²) in [6, 6.07) is 0. The first-order valence-corrected chi connectivity index (χ1v) is 3.52. The van der Waals surface area contributed by atoms with Gasteiger partial charge in [-0.2, -0.15) is 0 Å². The molecule has 1 heterocycles. The topological polar surface area (TPSA) is 29.3 Å². The summed E-state index contributed by atoms with van der Waals surface area (Å²) in [5, 5.41) is 0. The first-order valence-electron chi connectivity index (χ1n) is 3.52. The standard InChI is InChI=1S/C7H14N2/c8-4-3-7-9-5-1-2-6-9/h3-4H,1-2,5-8H2/b4-3+. The van der Waals surface area contributed by atoms with Crippen molar-refractivity contribution in [3.8, 4) is 0 Å². The van der Waals surface area contributed by atoms with Crippen LogP contribution in [0.3, 0.4) is 0 Å². The molecule has 1 aliphatic heterocycles. The number of nitrogens with zero attached hydrogens (tertiary/aromatic N) is 1. The van der Waals surface area contributed by atoms with Crippen molar-refractivity contribution in [3.05, 3.63) is 12.3 Å². The lowest BCUT2D eigenvalue weighted by atomic mass is 10.4. The summed E-state index contributed by atoms with van der Waals surface area (Å²) in [4.78, 5) is 2.41. The van der Waals surface area contributed by atoms with Gasteiger partial charge in [-0.1, -0.05) is 6.08 Å². The van der Waals surface area contributed by atoms with Gasteiger partial charge in [-0.05, 0) is 32.1 Å². The Morgan fingerprint density at radius 3 is 2.56 bits per heavy atom. The first kappa shape index (κ1) is 6.62. The quantitative estimate of drug-likeness (QED) is 0.585. The van der Waals surface area contributed by atoms with E-state index < -0.39 is 0 Å². The fourth-order valence-electron chi connectivity index (χ4n) is 1.18. The van der Waals surface area contributed by atoms with Gasteiger partial charge >= 0.3 is 0 Å². The molecule has 0 aliphatic carbocycles. The minimum atomic E-state index is 1.04. The van der Waals surface area contributed by atoms with Gasteiger partial charge in [0.2, 0.25) is 0 Å². The summed E-state index contributed by atoms with van der Waals surface area (Å²) in [6.07, 6.45) is 6.35. The van der Waals surface area contributed by atoms with Crippen molar-refractivity contribution in [2.45, 2.75) is 12.8 Å².